The van der Waals surface area contributed by atoms with E-state index in [4.69, 9.17) is 0 Å². The van der Waals surface area contributed by atoms with Gasteiger partial charge in [0.15, 0.2) is 0 Å². The molecule has 2 aromatic rings. The number of rotatable bonds is 5. The summed E-state index contributed by atoms with van der Waals surface area (Å²) in [5.74, 6) is 0.481. The Morgan fingerprint density at radius 2 is 1.48 bits per heavy atom. The summed E-state index contributed by atoms with van der Waals surface area (Å²) in [6.07, 6.45) is 6.11. The van der Waals surface area contributed by atoms with E-state index in [1.807, 2.05) is 52.8 Å². The van der Waals surface area contributed by atoms with E-state index >= 15 is 0 Å². The Hall–Kier alpha value is -2.42. The molecule has 0 bridgehead atoms. The average Bonchev–Trinajstić information content (AvgIpc) is 2.82. The zero-order valence-corrected chi connectivity index (χ0v) is 22.4. The first kappa shape index (κ1) is 30.6. The first-order chi connectivity index (χ1) is 15.9. The minimum atomic E-state index is 0.192. The van der Waals surface area contributed by atoms with Gasteiger partial charge in [0.25, 0.3) is 5.91 Å². The lowest BCUT2D eigenvalue weighted by molar-refractivity contribution is -0.117. The van der Waals surface area contributed by atoms with Crippen LogP contribution in [-0.4, -0.2) is 29.2 Å². The summed E-state index contributed by atoms with van der Waals surface area (Å²) < 4.78 is 0. The number of piperidine rings is 1. The Labute approximate surface area is 203 Å². The van der Waals surface area contributed by atoms with Gasteiger partial charge in [-0.25, -0.2) is 0 Å². The van der Waals surface area contributed by atoms with Gasteiger partial charge in [-0.05, 0) is 70.6 Å². The number of nitrogens with zero attached hydrogens (tertiary/aromatic N) is 1. The molecule has 1 unspecified atom stereocenters. The van der Waals surface area contributed by atoms with E-state index in [9.17, 15) is 9.59 Å². The molecule has 0 radical (unpaired) electrons. The summed E-state index contributed by atoms with van der Waals surface area (Å²) >= 11 is 0. The van der Waals surface area contributed by atoms with Crippen molar-refractivity contribution in [3.63, 3.8) is 0 Å². The second-order valence-corrected chi connectivity index (χ2v) is 8.17. The van der Waals surface area contributed by atoms with Crippen LogP contribution in [0.3, 0.4) is 0 Å². The van der Waals surface area contributed by atoms with Crippen LogP contribution in [0.5, 0.6) is 0 Å². The standard InChI is InChI=1S/C21H25NO.C5H10O.2C2H6/c1-16-12-17(2)14-19(13-16)21(23)22-11-7-6-10-20(22)15-18-8-4-3-5-9-18;1-3-4-5(2)6;2*1-2/h3-5,8-9,12-14,20H,6-7,10-11,15H2,1-2H3;3-4H2,1-2H3;2*1-2H3. The molecular formula is C30H47NO2. The van der Waals surface area contributed by atoms with Crippen LogP contribution in [0.1, 0.15) is 101 Å². The van der Waals surface area contributed by atoms with Gasteiger partial charge in [-0.15, -0.1) is 0 Å². The fourth-order valence-electron chi connectivity index (χ4n) is 3.98. The van der Waals surface area contributed by atoms with E-state index in [-0.39, 0.29) is 11.7 Å². The van der Waals surface area contributed by atoms with Gasteiger partial charge < -0.3 is 9.69 Å². The van der Waals surface area contributed by atoms with Crippen molar-refractivity contribution in [1.82, 2.24) is 4.90 Å². The van der Waals surface area contributed by atoms with Crippen LogP contribution in [0.2, 0.25) is 0 Å². The van der Waals surface area contributed by atoms with Crippen LogP contribution in [-0.2, 0) is 11.2 Å². The van der Waals surface area contributed by atoms with Crippen LogP contribution in [0, 0.1) is 13.8 Å². The molecule has 1 heterocycles. The van der Waals surface area contributed by atoms with Gasteiger partial charge >= 0.3 is 0 Å². The Morgan fingerprint density at radius 3 is 1.97 bits per heavy atom. The Kier molecular flexibility index (Phi) is 16.7. The van der Waals surface area contributed by atoms with Crippen molar-refractivity contribution in [3.05, 3.63) is 70.8 Å². The van der Waals surface area contributed by atoms with E-state index in [1.54, 1.807) is 6.92 Å². The lowest BCUT2D eigenvalue weighted by Gasteiger charge is -2.36. The molecule has 2 aromatic carbocycles. The molecule has 0 aliphatic carbocycles. The summed E-state index contributed by atoms with van der Waals surface area (Å²) in [5.41, 5.74) is 4.47. The highest BCUT2D eigenvalue weighted by atomic mass is 16.2. The average molecular weight is 454 g/mol. The van der Waals surface area contributed by atoms with E-state index in [0.717, 1.165) is 55.3 Å². The molecule has 1 amide bonds. The van der Waals surface area contributed by atoms with Crippen LogP contribution in [0.25, 0.3) is 0 Å². The van der Waals surface area contributed by atoms with Gasteiger partial charge in [-0.2, -0.15) is 0 Å². The summed E-state index contributed by atoms with van der Waals surface area (Å²) in [4.78, 5) is 25.2. The minimum Gasteiger partial charge on any atom is -0.335 e. The van der Waals surface area contributed by atoms with Gasteiger partial charge in [-0.3, -0.25) is 4.79 Å². The number of Topliss-reactive ketones (excluding diaryl/α,β-unsaturated/α-hetero) is 1. The highest BCUT2D eigenvalue weighted by Crippen LogP contribution is 2.23. The largest absolute Gasteiger partial charge is 0.335 e. The Bertz CT molecular complexity index is 778. The van der Waals surface area contributed by atoms with Crippen molar-refractivity contribution in [3.8, 4) is 0 Å². The predicted molar refractivity (Wildman–Crippen MR) is 143 cm³/mol. The molecule has 3 nitrogen and oxygen atoms in total. The molecule has 0 N–H and O–H groups in total. The number of ketones is 1. The van der Waals surface area contributed by atoms with Gasteiger partial charge in [0.05, 0.1) is 0 Å². The molecule has 33 heavy (non-hydrogen) atoms. The number of hydrogen-bond donors (Lipinski definition) is 0. The monoisotopic (exact) mass is 453 g/mol. The molecule has 1 atom stereocenters. The maximum atomic E-state index is 13.0. The van der Waals surface area contributed by atoms with Crippen molar-refractivity contribution in [2.75, 3.05) is 6.54 Å². The van der Waals surface area contributed by atoms with Crippen LogP contribution < -0.4 is 0 Å². The normalized spacial score (nSPS) is 14.4. The van der Waals surface area contributed by atoms with Gasteiger partial charge in [0, 0.05) is 24.6 Å². The zero-order chi connectivity index (χ0) is 25.2. The molecule has 1 fully saturated rings. The van der Waals surface area contributed by atoms with E-state index in [1.165, 1.54) is 12.0 Å². The highest BCUT2D eigenvalue weighted by molar-refractivity contribution is 5.95. The molecule has 1 aliphatic rings. The summed E-state index contributed by atoms with van der Waals surface area (Å²) in [6.45, 7) is 16.6. The quantitative estimate of drug-likeness (QED) is 0.460. The third-order valence-corrected chi connectivity index (χ3v) is 5.27. The molecule has 3 rings (SSSR count). The molecule has 1 aliphatic heterocycles. The number of amides is 1. The molecule has 1 saturated heterocycles. The predicted octanol–water partition coefficient (Wildman–Crippen LogP) is 7.97. The van der Waals surface area contributed by atoms with Crippen molar-refractivity contribution >= 4 is 11.7 Å². The molecule has 0 saturated carbocycles. The molecular weight excluding hydrogens is 406 g/mol. The fraction of sp³-hybridized carbons (Fsp3) is 0.533. The van der Waals surface area contributed by atoms with Gasteiger partial charge in [0.1, 0.15) is 5.78 Å². The number of likely N-dealkylation sites (tertiary alicyclic amines) is 1. The number of carbonyl (C=O) groups is 2. The van der Waals surface area contributed by atoms with Crippen molar-refractivity contribution in [2.24, 2.45) is 0 Å². The van der Waals surface area contributed by atoms with Crippen molar-refractivity contribution in [2.45, 2.75) is 100.0 Å². The van der Waals surface area contributed by atoms with Crippen LogP contribution in [0.4, 0.5) is 0 Å². The van der Waals surface area contributed by atoms with E-state index in [0.29, 0.717) is 6.04 Å². The second-order valence-electron chi connectivity index (χ2n) is 8.17. The lowest BCUT2D eigenvalue weighted by Crippen LogP contribution is -2.44. The maximum absolute atomic E-state index is 13.0. The maximum Gasteiger partial charge on any atom is 0.254 e. The molecule has 0 spiro atoms. The molecule has 3 heteroatoms. The zero-order valence-electron chi connectivity index (χ0n) is 22.4. The number of aryl methyl sites for hydroxylation is 2. The summed E-state index contributed by atoms with van der Waals surface area (Å²) in [5, 5.41) is 0. The van der Waals surface area contributed by atoms with Gasteiger partial charge in [0.2, 0.25) is 0 Å². The highest BCUT2D eigenvalue weighted by Gasteiger charge is 2.27. The Morgan fingerprint density at radius 1 is 0.909 bits per heavy atom. The third kappa shape index (κ3) is 11.8. The van der Waals surface area contributed by atoms with Crippen molar-refractivity contribution < 1.29 is 9.59 Å². The first-order valence-corrected chi connectivity index (χ1v) is 12.8. The second kappa shape index (κ2) is 18.1. The van der Waals surface area contributed by atoms with E-state index in [2.05, 4.69) is 49.1 Å². The summed E-state index contributed by atoms with van der Waals surface area (Å²) in [7, 11) is 0. The number of hydrogen-bond acceptors (Lipinski definition) is 2. The van der Waals surface area contributed by atoms with Crippen LogP contribution >= 0.6 is 0 Å². The van der Waals surface area contributed by atoms with Gasteiger partial charge in [-0.1, -0.05) is 82.1 Å². The minimum absolute atomic E-state index is 0.192. The topological polar surface area (TPSA) is 37.4 Å². The van der Waals surface area contributed by atoms with Crippen molar-refractivity contribution in [1.29, 1.82) is 0 Å². The molecule has 0 aromatic heterocycles. The van der Waals surface area contributed by atoms with E-state index < -0.39 is 0 Å². The lowest BCUT2D eigenvalue weighted by atomic mass is 9.94. The fourth-order valence-corrected chi connectivity index (χ4v) is 3.98. The third-order valence-electron chi connectivity index (χ3n) is 5.27. The van der Waals surface area contributed by atoms with Crippen LogP contribution in [0.15, 0.2) is 48.5 Å². The first-order valence-electron chi connectivity index (χ1n) is 12.8. The smallest absolute Gasteiger partial charge is 0.254 e. The molecule has 184 valence electrons. The number of carbonyl (C=O) groups excluding carboxylic acids is 2. The SMILES string of the molecule is CC.CC.CCCC(C)=O.Cc1cc(C)cc(C(=O)N2CCCCC2Cc2ccccc2)c1. The Balaban J connectivity index is 0.000000880. The number of benzene rings is 2. The summed E-state index contributed by atoms with van der Waals surface area (Å²) in [6, 6.07) is 17.0.